The number of benzene rings is 1. The van der Waals surface area contributed by atoms with Crippen molar-refractivity contribution in [2.45, 2.75) is 24.8 Å². The molecule has 5 rings (SSSR count). The van der Waals surface area contributed by atoms with E-state index in [1.54, 1.807) is 0 Å². The number of hydrazone groups is 1. The van der Waals surface area contributed by atoms with Gasteiger partial charge in [0.15, 0.2) is 0 Å². The molecular weight excluding hydrogens is 414 g/mol. The smallest absolute Gasteiger partial charge is 0.328 e. The predicted octanol–water partition coefficient (Wildman–Crippen LogP) is 2.78. The molecule has 3 saturated heterocycles. The number of aliphatic carboxylic acids is 2. The first-order valence-corrected chi connectivity index (χ1v) is 9.64. The molecule has 1 aromatic carbocycles. The maximum Gasteiger partial charge on any atom is 0.328 e. The minimum Gasteiger partial charge on any atom is -0.478 e. The summed E-state index contributed by atoms with van der Waals surface area (Å²) in [7, 11) is 0. The first kappa shape index (κ1) is 19.6. The number of hydrogen-bond donors (Lipinski definition) is 2. The maximum atomic E-state index is 9.55. The Bertz CT molecular complexity index is 743. The lowest BCUT2D eigenvalue weighted by Gasteiger charge is -2.54. The molecule has 1 unspecified atom stereocenters. The first-order chi connectivity index (χ1) is 12.9. The van der Waals surface area contributed by atoms with Crippen molar-refractivity contribution in [2.24, 2.45) is 11.0 Å². The molecule has 4 aliphatic rings. The summed E-state index contributed by atoms with van der Waals surface area (Å²) in [6.45, 7) is 3.70. The van der Waals surface area contributed by atoms with Crippen molar-refractivity contribution in [1.82, 2.24) is 4.90 Å². The molecule has 2 N–H and O–H groups in total. The van der Waals surface area contributed by atoms with Crippen LogP contribution in [0.15, 0.2) is 47.6 Å². The molecule has 1 spiro atoms. The van der Waals surface area contributed by atoms with E-state index in [1.807, 2.05) is 0 Å². The van der Waals surface area contributed by atoms with E-state index in [0.717, 1.165) is 23.5 Å². The molecule has 144 valence electrons. The van der Waals surface area contributed by atoms with Gasteiger partial charge in [-0.1, -0.05) is 18.2 Å². The third-order valence-electron chi connectivity index (χ3n) is 5.30. The monoisotopic (exact) mass is 435 g/mol. The van der Waals surface area contributed by atoms with Crippen LogP contribution < -0.4 is 5.01 Å². The summed E-state index contributed by atoms with van der Waals surface area (Å²) in [5.74, 6) is -1.74. The molecule has 4 aliphatic heterocycles. The summed E-state index contributed by atoms with van der Waals surface area (Å²) in [5, 5.41) is 22.7. The van der Waals surface area contributed by atoms with E-state index < -0.39 is 11.9 Å². The van der Waals surface area contributed by atoms with E-state index in [1.165, 1.54) is 31.6 Å². The zero-order valence-corrected chi connectivity index (χ0v) is 16.4. The molecule has 0 aliphatic carbocycles. The van der Waals surface area contributed by atoms with E-state index in [9.17, 15) is 9.59 Å². The van der Waals surface area contributed by atoms with Gasteiger partial charge in [-0.25, -0.2) is 9.59 Å². The molecule has 1 aromatic rings. The summed E-state index contributed by atoms with van der Waals surface area (Å²) < 4.78 is 1.10. The van der Waals surface area contributed by atoms with Gasteiger partial charge in [-0.15, -0.1) is 0 Å². The molecule has 0 aromatic heterocycles. The number of carboxylic acid groups (broad SMARTS) is 2. The van der Waals surface area contributed by atoms with Gasteiger partial charge < -0.3 is 15.1 Å². The summed E-state index contributed by atoms with van der Waals surface area (Å²) in [5.41, 5.74) is 1.42. The van der Waals surface area contributed by atoms with Crippen LogP contribution >= 0.6 is 15.9 Å². The maximum absolute atomic E-state index is 9.55. The molecule has 7 nitrogen and oxygen atoms in total. The molecule has 27 heavy (non-hydrogen) atoms. The Morgan fingerprint density at radius 3 is 2.19 bits per heavy atom. The zero-order valence-electron chi connectivity index (χ0n) is 14.8. The molecular formula is C19H22BrN3O4. The number of hydrogen-bond acceptors (Lipinski definition) is 5. The van der Waals surface area contributed by atoms with E-state index in [-0.39, 0.29) is 5.54 Å². The van der Waals surface area contributed by atoms with Gasteiger partial charge in [-0.05, 0) is 59.9 Å². The highest BCUT2D eigenvalue weighted by Crippen LogP contribution is 2.47. The van der Waals surface area contributed by atoms with E-state index in [0.29, 0.717) is 12.2 Å². The number of piperidine rings is 3. The second-order valence-corrected chi connectivity index (χ2v) is 7.88. The van der Waals surface area contributed by atoms with Gasteiger partial charge in [-0.2, -0.15) is 5.10 Å². The summed E-state index contributed by atoms with van der Waals surface area (Å²) in [6, 6.07) is 10.6. The highest BCUT2D eigenvalue weighted by atomic mass is 79.9. The van der Waals surface area contributed by atoms with Gasteiger partial charge in [0, 0.05) is 25.1 Å². The lowest BCUT2D eigenvalue weighted by Crippen LogP contribution is -2.64. The normalized spacial score (nSPS) is 28.8. The van der Waals surface area contributed by atoms with Crippen molar-refractivity contribution in [3.63, 3.8) is 0 Å². The van der Waals surface area contributed by atoms with Gasteiger partial charge in [0.2, 0.25) is 0 Å². The Labute approximate surface area is 166 Å². The predicted molar refractivity (Wildman–Crippen MR) is 106 cm³/mol. The molecule has 4 heterocycles. The quantitative estimate of drug-likeness (QED) is 0.708. The number of para-hydroxylation sites is 1. The molecule has 2 bridgehead atoms. The lowest BCUT2D eigenvalue weighted by molar-refractivity contribution is -0.134. The van der Waals surface area contributed by atoms with Crippen molar-refractivity contribution in [2.75, 3.05) is 24.6 Å². The van der Waals surface area contributed by atoms with Crippen molar-refractivity contribution >= 4 is 38.2 Å². The van der Waals surface area contributed by atoms with Crippen LogP contribution in [0.2, 0.25) is 0 Å². The van der Waals surface area contributed by atoms with E-state index >= 15 is 0 Å². The van der Waals surface area contributed by atoms with Crippen LogP contribution in [-0.4, -0.2) is 56.8 Å². The number of rotatable bonds is 3. The molecule has 1 atom stereocenters. The standard InChI is InChI=1S/C15H18BrN3.C4H4O4/c16-14-10-15(11-18-8-6-12(15)7-9-18)19(17-14)13-4-2-1-3-5-13;5-3(6)1-2-4(7)8/h1-5,12H,6-11H2;1-2H,(H,5,6)(H,7,8)/b;2-1+. The van der Waals surface area contributed by atoms with Crippen LogP contribution in [0.5, 0.6) is 0 Å². The van der Waals surface area contributed by atoms with Crippen LogP contribution in [0.3, 0.4) is 0 Å². The average Bonchev–Trinajstić information content (AvgIpc) is 2.98. The number of nitrogens with zero attached hydrogens (tertiary/aromatic N) is 3. The number of anilines is 1. The van der Waals surface area contributed by atoms with Crippen LogP contribution in [0.25, 0.3) is 0 Å². The van der Waals surface area contributed by atoms with Crippen molar-refractivity contribution in [3.05, 3.63) is 42.5 Å². The average molecular weight is 436 g/mol. The second kappa shape index (κ2) is 8.22. The third kappa shape index (κ3) is 4.39. The Kier molecular flexibility index (Phi) is 5.96. The SMILES string of the molecule is BrC1=NN(c2ccccc2)C2(C1)CN1CCC2CC1.O=C(O)/C=C/C(=O)O. The summed E-state index contributed by atoms with van der Waals surface area (Å²) >= 11 is 3.65. The van der Waals surface area contributed by atoms with Gasteiger partial charge in [0.25, 0.3) is 0 Å². The number of carbonyl (C=O) groups is 2. The van der Waals surface area contributed by atoms with Crippen LogP contribution in [0.4, 0.5) is 5.69 Å². The molecule has 3 fully saturated rings. The minimum absolute atomic E-state index is 0.191. The fourth-order valence-electron chi connectivity index (χ4n) is 4.18. The Balaban J connectivity index is 0.000000226. The van der Waals surface area contributed by atoms with Crippen LogP contribution in [0.1, 0.15) is 19.3 Å². The first-order valence-electron chi connectivity index (χ1n) is 8.85. The van der Waals surface area contributed by atoms with Gasteiger partial charge in [-0.3, -0.25) is 5.01 Å². The largest absolute Gasteiger partial charge is 0.478 e. The van der Waals surface area contributed by atoms with Crippen molar-refractivity contribution in [3.8, 4) is 0 Å². The van der Waals surface area contributed by atoms with Crippen molar-refractivity contribution < 1.29 is 19.8 Å². The molecule has 8 heteroatoms. The lowest BCUT2D eigenvalue weighted by atomic mass is 9.71. The second-order valence-electron chi connectivity index (χ2n) is 6.96. The van der Waals surface area contributed by atoms with Crippen LogP contribution in [-0.2, 0) is 9.59 Å². The fraction of sp³-hybridized carbons (Fsp3) is 0.421. The minimum atomic E-state index is -1.26. The summed E-state index contributed by atoms with van der Waals surface area (Å²) in [6.07, 6.45) is 4.81. The van der Waals surface area contributed by atoms with Crippen molar-refractivity contribution in [1.29, 1.82) is 0 Å². The summed E-state index contributed by atoms with van der Waals surface area (Å²) in [4.78, 5) is 21.7. The topological polar surface area (TPSA) is 93.4 Å². The van der Waals surface area contributed by atoms with E-state index in [4.69, 9.17) is 15.3 Å². The zero-order chi connectivity index (χ0) is 19.4. The Morgan fingerprint density at radius 1 is 1.11 bits per heavy atom. The number of halogens is 1. The Morgan fingerprint density at radius 2 is 1.70 bits per heavy atom. The fourth-order valence-corrected chi connectivity index (χ4v) is 4.83. The van der Waals surface area contributed by atoms with E-state index in [2.05, 4.69) is 56.2 Å². The number of carboxylic acids is 2. The Hall–Kier alpha value is -2.19. The molecule has 0 saturated carbocycles. The highest BCUT2D eigenvalue weighted by molar-refractivity contribution is 9.18. The van der Waals surface area contributed by atoms with Gasteiger partial charge in [0.05, 0.1) is 11.2 Å². The molecule has 0 radical (unpaired) electrons. The highest BCUT2D eigenvalue weighted by Gasteiger charge is 2.53. The molecule has 0 amide bonds. The van der Waals surface area contributed by atoms with Crippen LogP contribution in [0, 0.1) is 5.92 Å². The van der Waals surface area contributed by atoms with Gasteiger partial charge >= 0.3 is 11.9 Å². The number of fused-ring (bicyclic) bond motifs is 2. The third-order valence-corrected chi connectivity index (χ3v) is 5.74. The van der Waals surface area contributed by atoms with Gasteiger partial charge in [0.1, 0.15) is 4.62 Å².